The molecule has 1 amide bonds. The van der Waals surface area contributed by atoms with Crippen LogP contribution >= 0.6 is 0 Å². The molecule has 2 aliphatic heterocycles. The van der Waals surface area contributed by atoms with Crippen molar-refractivity contribution in [1.82, 2.24) is 19.6 Å². The lowest BCUT2D eigenvalue weighted by atomic mass is 9.93. The van der Waals surface area contributed by atoms with E-state index in [-0.39, 0.29) is 17.5 Å². The Labute approximate surface area is 142 Å². The van der Waals surface area contributed by atoms with Gasteiger partial charge in [-0.1, -0.05) is 0 Å². The molecule has 6 heteroatoms. The second-order valence-corrected chi connectivity index (χ2v) is 7.58. The maximum atomic E-state index is 12.3. The lowest BCUT2D eigenvalue weighted by Crippen LogP contribution is -2.60. The maximum absolute atomic E-state index is 12.3. The van der Waals surface area contributed by atoms with E-state index in [9.17, 15) is 9.59 Å². The fraction of sp³-hybridized carbons (Fsp3) is 0.722. The van der Waals surface area contributed by atoms with E-state index < -0.39 is 0 Å². The Hall–Kier alpha value is -1.69. The zero-order chi connectivity index (χ0) is 16.7. The molecule has 1 unspecified atom stereocenters. The molecule has 1 aromatic rings. The minimum atomic E-state index is 0.0302. The summed E-state index contributed by atoms with van der Waals surface area (Å²) < 4.78 is 1.65. The molecule has 1 atom stereocenters. The van der Waals surface area contributed by atoms with Crippen molar-refractivity contribution in [3.8, 4) is 0 Å². The highest BCUT2D eigenvalue weighted by Crippen LogP contribution is 2.26. The zero-order valence-corrected chi connectivity index (χ0v) is 14.4. The molecule has 0 N–H and O–H groups in total. The number of carbonyl (C=O) groups is 1. The number of aromatic nitrogens is 2. The highest BCUT2D eigenvalue weighted by Gasteiger charge is 2.38. The van der Waals surface area contributed by atoms with Gasteiger partial charge in [0.15, 0.2) is 0 Å². The molecular weight excluding hydrogens is 304 g/mol. The van der Waals surface area contributed by atoms with E-state index in [4.69, 9.17) is 0 Å². The van der Waals surface area contributed by atoms with Gasteiger partial charge in [0.2, 0.25) is 5.91 Å². The third-order valence-electron chi connectivity index (χ3n) is 5.76. The van der Waals surface area contributed by atoms with Gasteiger partial charge in [0.05, 0.1) is 18.3 Å². The number of fused-ring (bicyclic) bond motifs is 1. The predicted octanol–water partition coefficient (Wildman–Crippen LogP) is 0.675. The topological polar surface area (TPSA) is 58.4 Å². The number of hydrogen-bond acceptors (Lipinski definition) is 4. The zero-order valence-electron chi connectivity index (χ0n) is 14.4. The summed E-state index contributed by atoms with van der Waals surface area (Å²) in [7, 11) is 1.89. The molecule has 6 nitrogen and oxygen atoms in total. The lowest BCUT2D eigenvalue weighted by molar-refractivity contribution is -0.142. The van der Waals surface area contributed by atoms with Crippen LogP contribution in [0.5, 0.6) is 0 Å². The quantitative estimate of drug-likeness (QED) is 0.818. The predicted molar refractivity (Wildman–Crippen MR) is 90.9 cm³/mol. The SMILES string of the molecule is CN1CCCC(N2CC(Cn3nc4c(cc3=O)CCCC4)C2)C1=O. The molecule has 24 heavy (non-hydrogen) atoms. The van der Waals surface area contributed by atoms with E-state index in [0.717, 1.165) is 56.6 Å². The Morgan fingerprint density at radius 1 is 1.17 bits per heavy atom. The molecule has 0 bridgehead atoms. The maximum Gasteiger partial charge on any atom is 0.267 e. The van der Waals surface area contributed by atoms with Gasteiger partial charge in [-0.3, -0.25) is 14.5 Å². The number of rotatable bonds is 3. The summed E-state index contributed by atoms with van der Waals surface area (Å²) in [6, 6.07) is 1.84. The first-order chi connectivity index (χ1) is 11.6. The van der Waals surface area contributed by atoms with Crippen molar-refractivity contribution in [1.29, 1.82) is 0 Å². The molecule has 1 aliphatic carbocycles. The number of carbonyl (C=O) groups excluding carboxylic acids is 1. The van der Waals surface area contributed by atoms with Gasteiger partial charge in [-0.2, -0.15) is 5.10 Å². The molecule has 0 radical (unpaired) electrons. The van der Waals surface area contributed by atoms with Gasteiger partial charge in [-0.25, -0.2) is 4.68 Å². The molecule has 0 saturated carbocycles. The van der Waals surface area contributed by atoms with Crippen LogP contribution in [-0.2, 0) is 24.2 Å². The number of likely N-dealkylation sites (N-methyl/N-ethyl adjacent to an activating group) is 1. The summed E-state index contributed by atoms with van der Waals surface area (Å²) in [6.07, 6.45) is 6.38. The minimum Gasteiger partial charge on any atom is -0.344 e. The monoisotopic (exact) mass is 330 g/mol. The standard InChI is InChI=1S/C18H26N4O2/c1-20-8-4-7-16(18(20)24)21-10-13(11-21)12-22-17(23)9-14-5-2-3-6-15(14)19-22/h9,13,16H,2-8,10-12H2,1H3. The Bertz CT molecular complexity index is 693. The van der Waals surface area contributed by atoms with Crippen LogP contribution in [0, 0.1) is 5.92 Å². The van der Waals surface area contributed by atoms with Crippen LogP contribution in [0.25, 0.3) is 0 Å². The average Bonchev–Trinajstić information content (AvgIpc) is 2.54. The number of piperidine rings is 1. The van der Waals surface area contributed by atoms with E-state index in [1.54, 1.807) is 10.7 Å². The number of amides is 1. The van der Waals surface area contributed by atoms with Crippen molar-refractivity contribution in [2.45, 2.75) is 51.1 Å². The summed E-state index contributed by atoms with van der Waals surface area (Å²) in [5, 5.41) is 4.61. The highest BCUT2D eigenvalue weighted by molar-refractivity contribution is 5.82. The largest absolute Gasteiger partial charge is 0.344 e. The van der Waals surface area contributed by atoms with Gasteiger partial charge in [0.25, 0.3) is 5.56 Å². The van der Waals surface area contributed by atoms with Crippen LogP contribution in [0.2, 0.25) is 0 Å². The van der Waals surface area contributed by atoms with E-state index >= 15 is 0 Å². The Kier molecular flexibility index (Phi) is 4.16. The van der Waals surface area contributed by atoms with Crippen molar-refractivity contribution in [2.24, 2.45) is 5.92 Å². The lowest BCUT2D eigenvalue weighted by Gasteiger charge is -2.46. The summed E-state index contributed by atoms with van der Waals surface area (Å²) in [5.41, 5.74) is 2.29. The first kappa shape index (κ1) is 15.8. The van der Waals surface area contributed by atoms with Crippen molar-refractivity contribution < 1.29 is 4.79 Å². The number of likely N-dealkylation sites (tertiary alicyclic amines) is 2. The molecule has 0 aromatic carbocycles. The average molecular weight is 330 g/mol. The van der Waals surface area contributed by atoms with Crippen molar-refractivity contribution in [3.05, 3.63) is 27.7 Å². The molecule has 3 aliphatic rings. The van der Waals surface area contributed by atoms with Gasteiger partial charge in [-0.15, -0.1) is 0 Å². The van der Waals surface area contributed by atoms with Gasteiger partial charge >= 0.3 is 0 Å². The van der Waals surface area contributed by atoms with E-state index in [1.807, 2.05) is 11.9 Å². The smallest absolute Gasteiger partial charge is 0.267 e. The van der Waals surface area contributed by atoms with Crippen molar-refractivity contribution in [3.63, 3.8) is 0 Å². The van der Waals surface area contributed by atoms with E-state index in [2.05, 4.69) is 10.00 Å². The molecular formula is C18H26N4O2. The fourth-order valence-electron chi connectivity index (χ4n) is 4.30. The second kappa shape index (κ2) is 6.31. The van der Waals surface area contributed by atoms with Gasteiger partial charge < -0.3 is 4.90 Å². The number of nitrogens with zero attached hydrogens (tertiary/aromatic N) is 4. The van der Waals surface area contributed by atoms with E-state index in [0.29, 0.717) is 12.5 Å². The normalized spacial score (nSPS) is 25.5. The summed E-state index contributed by atoms with van der Waals surface area (Å²) in [4.78, 5) is 28.6. The highest BCUT2D eigenvalue weighted by atomic mass is 16.2. The van der Waals surface area contributed by atoms with Crippen LogP contribution in [0.3, 0.4) is 0 Å². The molecule has 0 spiro atoms. The third kappa shape index (κ3) is 2.88. The second-order valence-electron chi connectivity index (χ2n) is 7.58. The third-order valence-corrected chi connectivity index (χ3v) is 5.76. The van der Waals surface area contributed by atoms with Gasteiger partial charge in [0.1, 0.15) is 0 Å². The van der Waals surface area contributed by atoms with E-state index in [1.165, 1.54) is 12.8 Å². The van der Waals surface area contributed by atoms with Gasteiger partial charge in [-0.05, 0) is 44.1 Å². The molecule has 1 aromatic heterocycles. The van der Waals surface area contributed by atoms with Crippen molar-refractivity contribution in [2.75, 3.05) is 26.7 Å². The van der Waals surface area contributed by atoms with Crippen LogP contribution in [0.1, 0.15) is 36.9 Å². The Balaban J connectivity index is 1.38. The molecule has 3 heterocycles. The Morgan fingerprint density at radius 2 is 1.96 bits per heavy atom. The molecule has 4 rings (SSSR count). The number of aryl methyl sites for hydroxylation is 2. The van der Waals surface area contributed by atoms with Crippen LogP contribution < -0.4 is 5.56 Å². The summed E-state index contributed by atoms with van der Waals surface area (Å²) >= 11 is 0. The first-order valence-corrected chi connectivity index (χ1v) is 9.21. The van der Waals surface area contributed by atoms with Gasteiger partial charge in [0, 0.05) is 38.7 Å². The first-order valence-electron chi connectivity index (χ1n) is 9.21. The molecule has 2 saturated heterocycles. The molecule has 2 fully saturated rings. The minimum absolute atomic E-state index is 0.0302. The molecule has 130 valence electrons. The fourth-order valence-corrected chi connectivity index (χ4v) is 4.30. The Morgan fingerprint density at radius 3 is 2.79 bits per heavy atom. The van der Waals surface area contributed by atoms with Crippen LogP contribution in [-0.4, -0.2) is 58.2 Å². The number of hydrogen-bond donors (Lipinski definition) is 0. The summed E-state index contributed by atoms with van der Waals surface area (Å²) in [6.45, 7) is 3.35. The summed E-state index contributed by atoms with van der Waals surface area (Å²) in [5.74, 6) is 0.681. The van der Waals surface area contributed by atoms with Crippen LogP contribution in [0.4, 0.5) is 0 Å². The van der Waals surface area contributed by atoms with Crippen molar-refractivity contribution >= 4 is 5.91 Å². The van der Waals surface area contributed by atoms with Crippen LogP contribution in [0.15, 0.2) is 10.9 Å².